The molecular weight excluding hydrogens is 356 g/mol. The van der Waals surface area contributed by atoms with Gasteiger partial charge < -0.3 is 10.2 Å². The molecule has 0 spiro atoms. The zero-order valence-electron chi connectivity index (χ0n) is 14.9. The summed E-state index contributed by atoms with van der Waals surface area (Å²) in [6.45, 7) is 2.80. The number of halogens is 1. The molecule has 2 aromatic rings. The molecule has 0 unspecified atom stereocenters. The average molecular weight is 381 g/mol. The van der Waals surface area contributed by atoms with E-state index in [1.54, 1.807) is 24.3 Å². The van der Waals surface area contributed by atoms with Crippen LogP contribution in [0.15, 0.2) is 33.9 Å². The number of aromatic nitrogens is 2. The molecule has 2 heterocycles. The van der Waals surface area contributed by atoms with Gasteiger partial charge in [0.05, 0.1) is 10.9 Å². The van der Waals surface area contributed by atoms with Crippen molar-refractivity contribution in [1.82, 2.24) is 19.8 Å². The van der Waals surface area contributed by atoms with Crippen molar-refractivity contribution in [1.29, 1.82) is 0 Å². The highest BCUT2D eigenvalue weighted by Crippen LogP contribution is 2.17. The van der Waals surface area contributed by atoms with Crippen LogP contribution in [0.3, 0.4) is 0 Å². The average Bonchev–Trinajstić information content (AvgIpc) is 2.62. The van der Waals surface area contributed by atoms with Crippen molar-refractivity contribution in [3.8, 4) is 0 Å². The number of piperidine rings is 1. The molecule has 0 aliphatic carbocycles. The monoisotopic (exact) mass is 380 g/mol. The number of rotatable bonds is 5. The summed E-state index contributed by atoms with van der Waals surface area (Å²) < 4.78 is 1.47. The van der Waals surface area contributed by atoms with Gasteiger partial charge in [-0.05, 0) is 44.5 Å². The number of aromatic amines is 1. The van der Waals surface area contributed by atoms with E-state index in [1.807, 2.05) is 11.9 Å². The van der Waals surface area contributed by atoms with Gasteiger partial charge in [0.25, 0.3) is 5.56 Å². The standard InChI is InChI=1S/C18H24N4O3.ClH/c1-19-12-13-6-9-21(10-7-13)16(23)8-11-22-15-5-3-2-4-14(15)17(24)20-18(22)25;/h2-5,13,19H,6-12H2,1H3,(H,20,24,25);1H. The molecule has 142 valence electrons. The second-order valence-electron chi connectivity index (χ2n) is 6.56. The summed E-state index contributed by atoms with van der Waals surface area (Å²) >= 11 is 0. The number of nitrogens with zero attached hydrogens (tertiary/aromatic N) is 2. The van der Waals surface area contributed by atoms with Gasteiger partial charge in [-0.2, -0.15) is 0 Å². The van der Waals surface area contributed by atoms with Gasteiger partial charge in [0.1, 0.15) is 0 Å². The molecule has 1 aliphatic heterocycles. The molecule has 2 N–H and O–H groups in total. The van der Waals surface area contributed by atoms with Crippen molar-refractivity contribution in [2.75, 3.05) is 26.7 Å². The number of likely N-dealkylation sites (tertiary alicyclic amines) is 1. The Morgan fingerprint density at radius 2 is 1.92 bits per heavy atom. The summed E-state index contributed by atoms with van der Waals surface area (Å²) in [5.41, 5.74) is -0.296. The van der Waals surface area contributed by atoms with Gasteiger partial charge in [-0.3, -0.25) is 19.1 Å². The predicted molar refractivity (Wildman–Crippen MR) is 104 cm³/mol. The summed E-state index contributed by atoms with van der Waals surface area (Å²) in [7, 11) is 1.95. The van der Waals surface area contributed by atoms with E-state index in [1.165, 1.54) is 4.57 Å². The lowest BCUT2D eigenvalue weighted by Gasteiger charge is -2.32. The lowest BCUT2D eigenvalue weighted by atomic mass is 9.96. The number of amides is 1. The molecule has 3 rings (SSSR count). The van der Waals surface area contributed by atoms with Crippen molar-refractivity contribution >= 4 is 29.2 Å². The lowest BCUT2D eigenvalue weighted by Crippen LogP contribution is -2.41. The van der Waals surface area contributed by atoms with Crippen LogP contribution in [0.5, 0.6) is 0 Å². The molecule has 1 saturated heterocycles. The number of para-hydroxylation sites is 1. The second kappa shape index (κ2) is 9.00. The molecular formula is C18H25ClN4O3. The smallest absolute Gasteiger partial charge is 0.328 e. The van der Waals surface area contributed by atoms with E-state index in [2.05, 4.69) is 10.3 Å². The highest BCUT2D eigenvalue weighted by Gasteiger charge is 2.22. The minimum atomic E-state index is -0.468. The molecule has 1 aliphatic rings. The van der Waals surface area contributed by atoms with Gasteiger partial charge in [0.2, 0.25) is 5.91 Å². The first-order valence-electron chi connectivity index (χ1n) is 8.74. The fourth-order valence-electron chi connectivity index (χ4n) is 3.51. The number of H-pyrrole nitrogens is 1. The van der Waals surface area contributed by atoms with Crippen molar-refractivity contribution in [2.24, 2.45) is 5.92 Å². The maximum absolute atomic E-state index is 12.5. The van der Waals surface area contributed by atoms with Crippen LogP contribution in [0, 0.1) is 5.92 Å². The first kappa shape index (κ1) is 20.2. The van der Waals surface area contributed by atoms with Crippen LogP contribution in [0.1, 0.15) is 19.3 Å². The van der Waals surface area contributed by atoms with Crippen LogP contribution >= 0.6 is 12.4 Å². The summed E-state index contributed by atoms with van der Waals surface area (Å²) in [6, 6.07) is 6.96. The Hall–Kier alpha value is -2.12. The summed E-state index contributed by atoms with van der Waals surface area (Å²) in [5.74, 6) is 0.685. The normalized spacial score (nSPS) is 15.0. The Balaban J connectivity index is 0.00000243. The minimum absolute atomic E-state index is 0. The van der Waals surface area contributed by atoms with Crippen LogP contribution in [0.2, 0.25) is 0 Å². The maximum Gasteiger partial charge on any atom is 0.328 e. The number of fused-ring (bicyclic) bond motifs is 1. The Kier molecular flexibility index (Phi) is 6.99. The van der Waals surface area contributed by atoms with Crippen molar-refractivity contribution in [3.63, 3.8) is 0 Å². The Bertz CT molecular complexity index is 869. The molecule has 7 nitrogen and oxygen atoms in total. The third-order valence-electron chi connectivity index (χ3n) is 4.91. The molecule has 0 radical (unpaired) electrons. The maximum atomic E-state index is 12.5. The number of nitrogens with one attached hydrogen (secondary N) is 2. The number of hydrogen-bond donors (Lipinski definition) is 2. The quantitative estimate of drug-likeness (QED) is 0.808. The number of carbonyl (C=O) groups excluding carboxylic acids is 1. The number of hydrogen-bond acceptors (Lipinski definition) is 4. The highest BCUT2D eigenvalue weighted by molar-refractivity contribution is 5.85. The van der Waals surface area contributed by atoms with E-state index in [0.29, 0.717) is 16.8 Å². The van der Waals surface area contributed by atoms with E-state index >= 15 is 0 Å². The Labute approximate surface area is 157 Å². The van der Waals surface area contributed by atoms with Crippen LogP contribution in [-0.4, -0.2) is 47.0 Å². The van der Waals surface area contributed by atoms with Gasteiger partial charge >= 0.3 is 5.69 Å². The zero-order valence-corrected chi connectivity index (χ0v) is 15.7. The number of benzene rings is 1. The van der Waals surface area contributed by atoms with E-state index in [0.717, 1.165) is 32.5 Å². The van der Waals surface area contributed by atoms with E-state index in [-0.39, 0.29) is 31.3 Å². The molecule has 0 bridgehead atoms. The predicted octanol–water partition coefficient (Wildman–Crippen LogP) is 0.960. The lowest BCUT2D eigenvalue weighted by molar-refractivity contribution is -0.132. The van der Waals surface area contributed by atoms with Gasteiger partial charge in [-0.15, -0.1) is 12.4 Å². The Morgan fingerprint density at radius 1 is 1.23 bits per heavy atom. The van der Waals surface area contributed by atoms with Gasteiger partial charge in [0.15, 0.2) is 0 Å². The first-order valence-corrected chi connectivity index (χ1v) is 8.74. The molecule has 26 heavy (non-hydrogen) atoms. The van der Waals surface area contributed by atoms with Crippen molar-refractivity contribution < 1.29 is 4.79 Å². The largest absolute Gasteiger partial charge is 0.343 e. The van der Waals surface area contributed by atoms with Gasteiger partial charge in [-0.1, -0.05) is 12.1 Å². The van der Waals surface area contributed by atoms with Crippen molar-refractivity contribution in [3.05, 3.63) is 45.1 Å². The molecule has 1 aromatic heterocycles. The van der Waals surface area contributed by atoms with Crippen LogP contribution < -0.4 is 16.6 Å². The fraction of sp³-hybridized carbons (Fsp3) is 0.500. The topological polar surface area (TPSA) is 87.2 Å². The molecule has 1 amide bonds. The third kappa shape index (κ3) is 4.34. The van der Waals surface area contributed by atoms with E-state index in [4.69, 9.17) is 0 Å². The summed E-state index contributed by atoms with van der Waals surface area (Å²) in [4.78, 5) is 40.7. The zero-order chi connectivity index (χ0) is 17.8. The number of carbonyl (C=O) groups is 1. The Morgan fingerprint density at radius 3 is 2.62 bits per heavy atom. The second-order valence-corrected chi connectivity index (χ2v) is 6.56. The summed E-state index contributed by atoms with van der Waals surface area (Å²) in [5, 5.41) is 3.65. The van der Waals surface area contributed by atoms with Crippen LogP contribution in [0.4, 0.5) is 0 Å². The van der Waals surface area contributed by atoms with Gasteiger partial charge in [-0.25, -0.2) is 4.79 Å². The van der Waals surface area contributed by atoms with E-state index in [9.17, 15) is 14.4 Å². The van der Waals surface area contributed by atoms with Crippen LogP contribution in [0.25, 0.3) is 10.9 Å². The molecule has 8 heteroatoms. The SMILES string of the molecule is CNCC1CCN(C(=O)CCn2c(=O)[nH]c(=O)c3ccccc32)CC1.Cl. The van der Waals surface area contributed by atoms with Crippen molar-refractivity contribution in [2.45, 2.75) is 25.8 Å². The fourth-order valence-corrected chi connectivity index (χ4v) is 3.51. The third-order valence-corrected chi connectivity index (χ3v) is 4.91. The number of aryl methyl sites for hydroxylation is 1. The highest BCUT2D eigenvalue weighted by atomic mass is 35.5. The first-order chi connectivity index (χ1) is 12.1. The van der Waals surface area contributed by atoms with E-state index < -0.39 is 11.2 Å². The molecule has 1 aromatic carbocycles. The van der Waals surface area contributed by atoms with Gasteiger partial charge in [0, 0.05) is 26.1 Å². The molecule has 1 fully saturated rings. The molecule has 0 saturated carbocycles. The minimum Gasteiger partial charge on any atom is -0.343 e. The molecule has 0 atom stereocenters. The summed E-state index contributed by atoms with van der Waals surface area (Å²) in [6.07, 6.45) is 2.27. The van der Waals surface area contributed by atoms with Crippen LogP contribution in [-0.2, 0) is 11.3 Å².